The smallest absolute Gasteiger partial charge is 0.290 e. The molecule has 5 rings (SSSR count). The fourth-order valence-corrected chi connectivity index (χ4v) is 4.83. The van der Waals surface area contributed by atoms with Crippen LogP contribution in [-0.2, 0) is 11.3 Å². The molecule has 2 N–H and O–H groups in total. The number of anilines is 1. The summed E-state index contributed by atoms with van der Waals surface area (Å²) in [6, 6.07) is 20.0. The van der Waals surface area contributed by atoms with Gasteiger partial charge in [-0.3, -0.25) is 19.7 Å². The molecule has 3 aromatic carbocycles. The number of halogens is 2. The molecule has 0 unspecified atom stereocenters. The minimum Gasteiger partial charge on any atom is -0.342 e. The zero-order chi connectivity index (χ0) is 24.5. The van der Waals surface area contributed by atoms with Gasteiger partial charge in [0.25, 0.3) is 17.1 Å². The molecule has 0 bridgehead atoms. The molecule has 1 fully saturated rings. The van der Waals surface area contributed by atoms with Crippen LogP contribution >= 0.6 is 35.0 Å². The highest BCUT2D eigenvalue weighted by Crippen LogP contribution is 2.32. The second-order valence-corrected chi connectivity index (χ2v) is 9.69. The molecule has 3 amide bonds. The van der Waals surface area contributed by atoms with Crippen LogP contribution in [0.2, 0.25) is 10.0 Å². The van der Waals surface area contributed by atoms with Gasteiger partial charge in [-0.25, -0.2) is 0 Å². The van der Waals surface area contributed by atoms with E-state index in [1.807, 2.05) is 41.1 Å². The van der Waals surface area contributed by atoms with Crippen molar-refractivity contribution in [2.45, 2.75) is 6.54 Å². The van der Waals surface area contributed by atoms with Gasteiger partial charge in [0.1, 0.15) is 0 Å². The topological polar surface area (TPSA) is 80.2 Å². The Hall–Kier alpha value is -3.52. The number of benzene rings is 3. The molecule has 35 heavy (non-hydrogen) atoms. The lowest BCUT2D eigenvalue weighted by molar-refractivity contribution is -0.115. The largest absolute Gasteiger partial charge is 0.342 e. The van der Waals surface area contributed by atoms with Gasteiger partial charge in [0.2, 0.25) is 0 Å². The maximum Gasteiger partial charge on any atom is 0.290 e. The Morgan fingerprint density at radius 2 is 1.80 bits per heavy atom. The summed E-state index contributed by atoms with van der Waals surface area (Å²) in [5.74, 6) is -0.657. The first-order valence-electron chi connectivity index (χ1n) is 10.6. The van der Waals surface area contributed by atoms with E-state index in [0.717, 1.165) is 33.8 Å². The van der Waals surface area contributed by atoms with E-state index < -0.39 is 11.1 Å². The Labute approximate surface area is 214 Å². The summed E-state index contributed by atoms with van der Waals surface area (Å²) >= 11 is 13.1. The van der Waals surface area contributed by atoms with Gasteiger partial charge in [0.05, 0.1) is 15.0 Å². The van der Waals surface area contributed by atoms with Gasteiger partial charge in [-0.2, -0.15) is 0 Å². The molecule has 174 valence electrons. The van der Waals surface area contributed by atoms with Crippen LogP contribution < -0.4 is 10.6 Å². The van der Waals surface area contributed by atoms with E-state index in [2.05, 4.69) is 10.6 Å². The molecule has 0 spiro atoms. The highest BCUT2D eigenvalue weighted by Gasteiger charge is 2.25. The summed E-state index contributed by atoms with van der Waals surface area (Å²) in [5.41, 5.74) is 3.72. The van der Waals surface area contributed by atoms with Crippen LogP contribution in [-0.4, -0.2) is 21.6 Å². The molecular weight excluding hydrogens is 505 g/mol. The fourth-order valence-electron chi connectivity index (χ4n) is 3.84. The number of hydrogen-bond acceptors (Lipinski definition) is 4. The molecule has 0 aliphatic carbocycles. The second-order valence-electron chi connectivity index (χ2n) is 7.87. The standard InChI is InChI=1S/C26H17Cl2N3O3S/c27-20-8-6-15(10-21(20)28)13-31-14-17(11-23-25(33)30-26(34)35-23)19-12-18(7-9-22(19)31)29-24(32)16-4-2-1-3-5-16/h1-12,14H,13H2,(H,29,32)(H,30,33,34)/b23-11+. The molecule has 1 aliphatic rings. The van der Waals surface area contributed by atoms with Gasteiger partial charge in [0, 0.05) is 40.5 Å². The highest BCUT2D eigenvalue weighted by atomic mass is 35.5. The summed E-state index contributed by atoms with van der Waals surface area (Å²) in [7, 11) is 0. The van der Waals surface area contributed by atoms with Crippen molar-refractivity contribution in [2.24, 2.45) is 0 Å². The molecule has 6 nitrogen and oxygen atoms in total. The number of carbonyl (C=O) groups excluding carboxylic acids is 3. The van der Waals surface area contributed by atoms with Crippen molar-refractivity contribution < 1.29 is 14.4 Å². The number of nitrogens with zero attached hydrogens (tertiary/aromatic N) is 1. The van der Waals surface area contributed by atoms with E-state index in [0.29, 0.717) is 32.7 Å². The van der Waals surface area contributed by atoms with Gasteiger partial charge in [-0.1, -0.05) is 47.5 Å². The summed E-state index contributed by atoms with van der Waals surface area (Å²) < 4.78 is 2.02. The normalized spacial score (nSPS) is 14.5. The summed E-state index contributed by atoms with van der Waals surface area (Å²) in [4.78, 5) is 36.8. The Kier molecular flexibility index (Phi) is 6.38. The van der Waals surface area contributed by atoms with E-state index in [1.54, 1.807) is 42.5 Å². The third kappa shape index (κ3) is 4.98. The average Bonchev–Trinajstić information content (AvgIpc) is 3.34. The van der Waals surface area contributed by atoms with E-state index in [-0.39, 0.29) is 5.91 Å². The van der Waals surface area contributed by atoms with Crippen LogP contribution in [0.3, 0.4) is 0 Å². The number of rotatable bonds is 5. The number of nitrogens with one attached hydrogen (secondary N) is 2. The molecule has 4 aromatic rings. The lowest BCUT2D eigenvalue weighted by Gasteiger charge is -2.09. The first kappa shape index (κ1) is 23.2. The Morgan fingerprint density at radius 3 is 2.51 bits per heavy atom. The van der Waals surface area contributed by atoms with Gasteiger partial charge in [-0.05, 0) is 65.9 Å². The zero-order valence-electron chi connectivity index (χ0n) is 18.0. The molecule has 0 saturated carbocycles. The van der Waals surface area contributed by atoms with Crippen molar-refractivity contribution in [3.05, 3.63) is 105 Å². The predicted octanol–water partition coefficient (Wildman–Crippen LogP) is 6.57. The fraction of sp³-hybridized carbons (Fsp3) is 0.0385. The van der Waals surface area contributed by atoms with Gasteiger partial charge < -0.3 is 9.88 Å². The van der Waals surface area contributed by atoms with Crippen LogP contribution in [0.4, 0.5) is 10.5 Å². The first-order valence-corrected chi connectivity index (χ1v) is 12.1. The molecule has 1 aromatic heterocycles. The molecule has 0 atom stereocenters. The van der Waals surface area contributed by atoms with Crippen LogP contribution in [0, 0.1) is 0 Å². The number of hydrogen-bond donors (Lipinski definition) is 2. The zero-order valence-corrected chi connectivity index (χ0v) is 20.4. The van der Waals surface area contributed by atoms with Crippen LogP contribution in [0.15, 0.2) is 77.8 Å². The molecule has 0 radical (unpaired) electrons. The number of imide groups is 1. The van der Waals surface area contributed by atoms with Crippen molar-refractivity contribution >= 4 is 74.7 Å². The Bertz CT molecular complexity index is 1530. The first-order chi connectivity index (χ1) is 16.9. The van der Waals surface area contributed by atoms with Gasteiger partial charge in [-0.15, -0.1) is 0 Å². The highest BCUT2D eigenvalue weighted by molar-refractivity contribution is 8.18. The maximum absolute atomic E-state index is 12.7. The number of thioether (sulfide) groups is 1. The van der Waals surface area contributed by atoms with E-state index >= 15 is 0 Å². The third-order valence-corrected chi connectivity index (χ3v) is 7.02. The Morgan fingerprint density at radius 1 is 1.00 bits per heavy atom. The van der Waals surface area contributed by atoms with Gasteiger partial charge in [0.15, 0.2) is 0 Å². The van der Waals surface area contributed by atoms with E-state index in [4.69, 9.17) is 23.2 Å². The van der Waals surface area contributed by atoms with E-state index in [1.165, 1.54) is 0 Å². The molecule has 9 heteroatoms. The van der Waals surface area contributed by atoms with Crippen molar-refractivity contribution in [3.8, 4) is 0 Å². The second kappa shape index (κ2) is 9.62. The van der Waals surface area contributed by atoms with Gasteiger partial charge >= 0.3 is 0 Å². The molecule has 2 heterocycles. The Balaban J connectivity index is 1.55. The quantitative estimate of drug-likeness (QED) is 0.291. The molecular formula is C26H17Cl2N3O3S. The van der Waals surface area contributed by atoms with Crippen LogP contribution in [0.5, 0.6) is 0 Å². The lowest BCUT2D eigenvalue weighted by atomic mass is 10.1. The average molecular weight is 522 g/mol. The molecule has 1 aliphatic heterocycles. The number of carbonyl (C=O) groups is 3. The summed E-state index contributed by atoms with van der Waals surface area (Å²) in [6.07, 6.45) is 3.58. The minimum atomic E-state index is -0.432. The van der Waals surface area contributed by atoms with Crippen molar-refractivity contribution in [1.82, 2.24) is 9.88 Å². The van der Waals surface area contributed by atoms with Crippen molar-refractivity contribution in [3.63, 3.8) is 0 Å². The number of fused-ring (bicyclic) bond motifs is 1. The summed E-state index contributed by atoms with van der Waals surface area (Å²) in [6.45, 7) is 0.505. The predicted molar refractivity (Wildman–Crippen MR) is 141 cm³/mol. The third-order valence-electron chi connectivity index (χ3n) is 5.47. The minimum absolute atomic E-state index is 0.226. The van der Waals surface area contributed by atoms with Crippen molar-refractivity contribution in [1.29, 1.82) is 0 Å². The van der Waals surface area contributed by atoms with Crippen molar-refractivity contribution in [2.75, 3.05) is 5.32 Å². The SMILES string of the molecule is O=C1NC(=O)/C(=C\c2cn(Cc3ccc(Cl)c(Cl)c3)c3ccc(NC(=O)c4ccccc4)cc23)S1. The maximum atomic E-state index is 12.7. The number of aromatic nitrogens is 1. The molecule has 1 saturated heterocycles. The summed E-state index contributed by atoms with van der Waals surface area (Å²) in [5, 5.41) is 6.55. The number of amides is 3. The van der Waals surface area contributed by atoms with E-state index in [9.17, 15) is 14.4 Å². The lowest BCUT2D eigenvalue weighted by Crippen LogP contribution is -2.17. The van der Waals surface area contributed by atoms with Crippen LogP contribution in [0.25, 0.3) is 17.0 Å². The van der Waals surface area contributed by atoms with Crippen LogP contribution in [0.1, 0.15) is 21.5 Å². The monoisotopic (exact) mass is 521 g/mol.